The average molecular weight is 298 g/mol. The molecule has 3 atom stereocenters. The molecule has 4 nitrogen and oxygen atoms in total. The van der Waals surface area contributed by atoms with E-state index in [0.717, 1.165) is 19.4 Å². The average Bonchev–Trinajstić information content (AvgIpc) is 2.41. The Morgan fingerprint density at radius 2 is 2.10 bits per heavy atom. The number of hydrogen-bond donors (Lipinski definition) is 1. The van der Waals surface area contributed by atoms with Gasteiger partial charge in [0.15, 0.2) is 0 Å². The Balaban J connectivity index is 2.03. The highest BCUT2D eigenvalue weighted by Crippen LogP contribution is 2.27. The van der Waals surface area contributed by atoms with Gasteiger partial charge < -0.3 is 10.2 Å². The van der Waals surface area contributed by atoms with E-state index >= 15 is 0 Å². The van der Waals surface area contributed by atoms with Gasteiger partial charge >= 0.3 is 0 Å². The maximum Gasteiger partial charge on any atom is 0.245 e. The Labute approximate surface area is 126 Å². The second-order valence-electron chi connectivity index (χ2n) is 6.35. The van der Waals surface area contributed by atoms with Gasteiger partial charge in [0.25, 0.3) is 0 Å². The Morgan fingerprint density at radius 3 is 2.70 bits per heavy atom. The van der Waals surface area contributed by atoms with Crippen molar-refractivity contribution < 1.29 is 9.59 Å². The molecule has 2 aliphatic rings. The number of rotatable bonds is 4. The van der Waals surface area contributed by atoms with E-state index in [1.165, 1.54) is 18.6 Å². The summed E-state index contributed by atoms with van der Waals surface area (Å²) in [5, 5.41) is 3.38. The fourth-order valence-electron chi connectivity index (χ4n) is 2.94. The summed E-state index contributed by atoms with van der Waals surface area (Å²) in [4.78, 5) is 26.5. The first-order valence-corrected chi connectivity index (χ1v) is 8.76. The van der Waals surface area contributed by atoms with Crippen molar-refractivity contribution in [3.05, 3.63) is 0 Å². The van der Waals surface area contributed by atoms with Crippen LogP contribution >= 0.6 is 11.8 Å². The minimum atomic E-state index is -0.327. The zero-order valence-electron chi connectivity index (χ0n) is 12.7. The summed E-state index contributed by atoms with van der Waals surface area (Å²) < 4.78 is 0. The fourth-order valence-corrected chi connectivity index (χ4v) is 4.24. The predicted molar refractivity (Wildman–Crippen MR) is 82.7 cm³/mol. The molecule has 0 radical (unpaired) electrons. The van der Waals surface area contributed by atoms with Crippen LogP contribution in [0.5, 0.6) is 0 Å². The molecule has 2 aliphatic heterocycles. The summed E-state index contributed by atoms with van der Waals surface area (Å²) in [5.41, 5.74) is 0. The summed E-state index contributed by atoms with van der Waals surface area (Å²) in [6.45, 7) is 6.73. The van der Waals surface area contributed by atoms with Crippen molar-refractivity contribution >= 4 is 23.6 Å². The number of carbonyl (C=O) groups excluding carboxylic acids is 2. The number of piperazine rings is 1. The minimum Gasteiger partial charge on any atom is -0.343 e. The molecule has 0 aromatic carbocycles. The monoisotopic (exact) mass is 298 g/mol. The number of hydrogen-bond acceptors (Lipinski definition) is 3. The van der Waals surface area contributed by atoms with Crippen LogP contribution in [0.3, 0.4) is 0 Å². The lowest BCUT2D eigenvalue weighted by Crippen LogP contribution is -2.63. The maximum atomic E-state index is 12.6. The van der Waals surface area contributed by atoms with E-state index in [2.05, 4.69) is 19.2 Å². The van der Waals surface area contributed by atoms with Gasteiger partial charge in [0.05, 0.1) is 0 Å². The fraction of sp³-hybridized carbons (Fsp3) is 0.867. The van der Waals surface area contributed by atoms with Gasteiger partial charge in [-0.05, 0) is 37.9 Å². The van der Waals surface area contributed by atoms with Crippen molar-refractivity contribution in [2.45, 2.75) is 63.8 Å². The minimum absolute atomic E-state index is 0.00365. The summed E-state index contributed by atoms with van der Waals surface area (Å²) in [5.74, 6) is 1.69. The third-order valence-corrected chi connectivity index (χ3v) is 5.51. The highest BCUT2D eigenvalue weighted by Gasteiger charge is 2.39. The topological polar surface area (TPSA) is 49.4 Å². The molecule has 0 aromatic rings. The van der Waals surface area contributed by atoms with E-state index < -0.39 is 0 Å². The van der Waals surface area contributed by atoms with E-state index in [1.807, 2.05) is 23.6 Å². The Bertz CT molecular complexity index is 367. The van der Waals surface area contributed by atoms with Crippen LogP contribution in [0.2, 0.25) is 0 Å². The van der Waals surface area contributed by atoms with Crippen LogP contribution in [0.4, 0.5) is 0 Å². The normalized spacial score (nSPS) is 31.6. The van der Waals surface area contributed by atoms with Crippen molar-refractivity contribution in [2.75, 3.05) is 12.3 Å². The van der Waals surface area contributed by atoms with Crippen molar-refractivity contribution in [3.63, 3.8) is 0 Å². The number of carbonyl (C=O) groups is 2. The largest absolute Gasteiger partial charge is 0.343 e. The van der Waals surface area contributed by atoms with Crippen molar-refractivity contribution in [1.82, 2.24) is 10.2 Å². The zero-order valence-corrected chi connectivity index (χ0v) is 13.5. The van der Waals surface area contributed by atoms with Gasteiger partial charge in [-0.15, -0.1) is 0 Å². The third-order valence-electron chi connectivity index (χ3n) is 4.13. The molecule has 0 spiro atoms. The zero-order chi connectivity index (χ0) is 14.7. The van der Waals surface area contributed by atoms with E-state index in [4.69, 9.17) is 0 Å². The van der Waals surface area contributed by atoms with Crippen LogP contribution < -0.4 is 5.32 Å². The second kappa shape index (κ2) is 6.83. The highest BCUT2D eigenvalue weighted by atomic mass is 32.2. The molecule has 5 heteroatoms. The lowest BCUT2D eigenvalue weighted by molar-refractivity contribution is -0.149. The molecule has 2 fully saturated rings. The van der Waals surface area contributed by atoms with E-state index in [9.17, 15) is 9.59 Å². The Morgan fingerprint density at radius 1 is 1.35 bits per heavy atom. The van der Waals surface area contributed by atoms with Crippen molar-refractivity contribution in [1.29, 1.82) is 0 Å². The Hall–Kier alpha value is -0.710. The summed E-state index contributed by atoms with van der Waals surface area (Å²) in [7, 11) is 0. The molecule has 0 bridgehead atoms. The van der Waals surface area contributed by atoms with E-state index in [0.29, 0.717) is 11.2 Å². The molecular weight excluding hydrogens is 272 g/mol. The van der Waals surface area contributed by atoms with Crippen LogP contribution in [0.15, 0.2) is 0 Å². The molecule has 20 heavy (non-hydrogen) atoms. The second-order valence-corrected chi connectivity index (χ2v) is 7.75. The molecular formula is C15H26N2O2S. The third kappa shape index (κ3) is 3.68. The number of amides is 2. The number of nitrogens with zero attached hydrogens (tertiary/aromatic N) is 1. The molecule has 2 amide bonds. The van der Waals surface area contributed by atoms with Gasteiger partial charge in [0, 0.05) is 11.8 Å². The van der Waals surface area contributed by atoms with Gasteiger partial charge in [-0.1, -0.05) is 20.3 Å². The van der Waals surface area contributed by atoms with Crippen molar-refractivity contribution in [2.24, 2.45) is 5.92 Å². The molecule has 2 rings (SSSR count). The highest BCUT2D eigenvalue weighted by molar-refractivity contribution is 7.99. The summed E-state index contributed by atoms with van der Waals surface area (Å²) in [6, 6.07) is -0.652. The van der Waals surface area contributed by atoms with Crippen LogP contribution in [0, 0.1) is 5.92 Å². The van der Waals surface area contributed by atoms with Gasteiger partial charge in [-0.2, -0.15) is 11.8 Å². The van der Waals surface area contributed by atoms with Crippen LogP contribution in [0.25, 0.3) is 0 Å². The molecule has 0 saturated carbocycles. The lowest BCUT2D eigenvalue weighted by atomic mass is 9.98. The van der Waals surface area contributed by atoms with E-state index in [1.54, 1.807) is 0 Å². The predicted octanol–water partition coefficient (Wildman–Crippen LogP) is 2.03. The first-order valence-electron chi connectivity index (χ1n) is 7.71. The first kappa shape index (κ1) is 15.7. The maximum absolute atomic E-state index is 12.6. The molecule has 2 saturated heterocycles. The quantitative estimate of drug-likeness (QED) is 0.864. The number of thioether (sulfide) groups is 1. The van der Waals surface area contributed by atoms with Crippen LogP contribution in [-0.4, -0.2) is 46.3 Å². The lowest BCUT2D eigenvalue weighted by Gasteiger charge is -2.40. The van der Waals surface area contributed by atoms with Gasteiger partial charge in [0.1, 0.15) is 12.1 Å². The molecule has 114 valence electrons. The van der Waals surface area contributed by atoms with Gasteiger partial charge in [-0.3, -0.25) is 9.59 Å². The van der Waals surface area contributed by atoms with Gasteiger partial charge in [0.2, 0.25) is 11.8 Å². The molecule has 1 N–H and O–H groups in total. The molecule has 0 aromatic heterocycles. The molecule has 0 aliphatic carbocycles. The van der Waals surface area contributed by atoms with Gasteiger partial charge in [-0.25, -0.2) is 0 Å². The summed E-state index contributed by atoms with van der Waals surface area (Å²) >= 11 is 1.95. The number of nitrogens with one attached hydrogen (secondary N) is 1. The SMILES string of the molecule is CC(C)CC1NC(=O)C(C)N(CC2CCCCS2)C1=O. The summed E-state index contributed by atoms with van der Waals surface area (Å²) in [6.07, 6.45) is 4.42. The van der Waals surface area contributed by atoms with Crippen molar-refractivity contribution in [3.8, 4) is 0 Å². The van der Waals surface area contributed by atoms with E-state index in [-0.39, 0.29) is 23.9 Å². The van der Waals surface area contributed by atoms with Crippen LogP contribution in [0.1, 0.15) is 46.5 Å². The molecule has 3 unspecified atom stereocenters. The standard InChI is InChI=1S/C15H26N2O2S/c1-10(2)8-13-15(19)17(11(3)14(18)16-13)9-12-6-4-5-7-20-12/h10-13H,4-9H2,1-3H3,(H,16,18). The molecule has 2 heterocycles. The van der Waals surface area contributed by atoms with Crippen LogP contribution in [-0.2, 0) is 9.59 Å². The smallest absolute Gasteiger partial charge is 0.245 e. The first-order chi connectivity index (χ1) is 9.49. The Kier molecular flexibility index (Phi) is 5.35.